The van der Waals surface area contributed by atoms with Gasteiger partial charge in [0.1, 0.15) is 12.6 Å². The molecule has 0 fully saturated rings. The van der Waals surface area contributed by atoms with Gasteiger partial charge in [-0.1, -0.05) is 83.0 Å². The fourth-order valence-corrected chi connectivity index (χ4v) is 5.37. The maximum atomic E-state index is 14.1. The monoisotopic (exact) mass is 627 g/mol. The van der Waals surface area contributed by atoms with Crippen molar-refractivity contribution >= 4 is 43.5 Å². The number of hydrogen-bond acceptors (Lipinski definition) is 4. The first-order valence-electron chi connectivity index (χ1n) is 13.3. The molecule has 0 unspecified atom stereocenters. The number of aryl methyl sites for hydroxylation is 2. The molecule has 0 radical (unpaired) electrons. The zero-order valence-electron chi connectivity index (χ0n) is 23.7. The molecule has 40 heavy (non-hydrogen) atoms. The van der Waals surface area contributed by atoms with Crippen LogP contribution < -0.4 is 9.62 Å². The Morgan fingerprint density at radius 3 is 2.17 bits per heavy atom. The summed E-state index contributed by atoms with van der Waals surface area (Å²) in [6.07, 6.45) is 2.11. The first kappa shape index (κ1) is 31.4. The van der Waals surface area contributed by atoms with Crippen molar-refractivity contribution in [1.82, 2.24) is 10.2 Å². The van der Waals surface area contributed by atoms with Crippen molar-refractivity contribution < 1.29 is 18.0 Å². The molecule has 0 aliphatic heterocycles. The second kappa shape index (κ2) is 13.9. The fourth-order valence-electron chi connectivity index (χ4n) is 4.28. The highest BCUT2D eigenvalue weighted by Crippen LogP contribution is 2.25. The Bertz CT molecular complexity index is 1410. The Morgan fingerprint density at radius 2 is 1.60 bits per heavy atom. The lowest BCUT2D eigenvalue weighted by Gasteiger charge is -2.34. The number of carbonyl (C=O) groups is 2. The molecule has 3 aromatic carbocycles. The average molecular weight is 629 g/mol. The minimum Gasteiger partial charge on any atom is -0.352 e. The lowest BCUT2D eigenvalue weighted by molar-refractivity contribution is -0.140. The van der Waals surface area contributed by atoms with Gasteiger partial charge < -0.3 is 10.2 Å². The van der Waals surface area contributed by atoms with Crippen molar-refractivity contribution in [1.29, 1.82) is 0 Å². The molecule has 0 saturated carbocycles. The molecule has 0 heterocycles. The number of nitrogens with one attached hydrogen (secondary N) is 1. The summed E-state index contributed by atoms with van der Waals surface area (Å²) < 4.78 is 27.8. The van der Waals surface area contributed by atoms with E-state index >= 15 is 0 Å². The first-order valence-corrected chi connectivity index (χ1v) is 16.0. The third kappa shape index (κ3) is 8.66. The van der Waals surface area contributed by atoms with Gasteiger partial charge in [-0.15, -0.1) is 0 Å². The Morgan fingerprint density at radius 1 is 0.950 bits per heavy atom. The van der Waals surface area contributed by atoms with Crippen molar-refractivity contribution in [3.05, 3.63) is 99.5 Å². The van der Waals surface area contributed by atoms with Crippen molar-refractivity contribution in [2.24, 2.45) is 0 Å². The van der Waals surface area contributed by atoms with Crippen LogP contribution in [-0.2, 0) is 32.6 Å². The van der Waals surface area contributed by atoms with Crippen molar-refractivity contribution in [3.8, 4) is 0 Å². The predicted octanol–water partition coefficient (Wildman–Crippen LogP) is 5.39. The smallest absolute Gasteiger partial charge is 0.244 e. The SMILES string of the molecule is CC[C@H](C)NC(=O)[C@H](Cc1ccccc1)N(Cc1ccc(C)cc1)C(=O)CN(c1ccc(Br)c(C)c1)S(C)(=O)=O. The number of amides is 2. The number of rotatable bonds is 12. The van der Waals surface area contributed by atoms with Crippen LogP contribution in [0.5, 0.6) is 0 Å². The number of anilines is 1. The molecule has 0 aliphatic rings. The molecule has 2 atom stereocenters. The average Bonchev–Trinajstić information content (AvgIpc) is 2.91. The highest BCUT2D eigenvalue weighted by molar-refractivity contribution is 9.10. The molecular formula is C31H38BrN3O4S. The molecule has 2 amide bonds. The van der Waals surface area contributed by atoms with Gasteiger partial charge in [-0.3, -0.25) is 13.9 Å². The predicted molar refractivity (Wildman–Crippen MR) is 165 cm³/mol. The van der Waals surface area contributed by atoms with E-state index in [0.29, 0.717) is 5.69 Å². The van der Waals surface area contributed by atoms with Crippen LogP contribution in [0.1, 0.15) is 42.5 Å². The van der Waals surface area contributed by atoms with E-state index in [1.54, 1.807) is 18.2 Å². The van der Waals surface area contributed by atoms with E-state index < -0.39 is 28.5 Å². The molecule has 0 saturated heterocycles. The van der Waals surface area contributed by atoms with Crippen LogP contribution in [0.25, 0.3) is 0 Å². The fraction of sp³-hybridized carbons (Fsp3) is 0.355. The molecule has 3 aromatic rings. The van der Waals surface area contributed by atoms with E-state index in [9.17, 15) is 18.0 Å². The lowest BCUT2D eigenvalue weighted by atomic mass is 10.0. The van der Waals surface area contributed by atoms with Gasteiger partial charge in [-0.05, 0) is 62.1 Å². The minimum atomic E-state index is -3.81. The van der Waals surface area contributed by atoms with Crippen LogP contribution in [0.4, 0.5) is 5.69 Å². The van der Waals surface area contributed by atoms with Gasteiger partial charge in [0.2, 0.25) is 21.8 Å². The van der Waals surface area contributed by atoms with E-state index in [0.717, 1.165) is 43.7 Å². The quantitative estimate of drug-likeness (QED) is 0.292. The highest BCUT2D eigenvalue weighted by atomic mass is 79.9. The van der Waals surface area contributed by atoms with Gasteiger partial charge in [0.15, 0.2) is 0 Å². The van der Waals surface area contributed by atoms with Gasteiger partial charge >= 0.3 is 0 Å². The molecule has 0 aliphatic carbocycles. The summed E-state index contributed by atoms with van der Waals surface area (Å²) in [6, 6.07) is 21.5. The van der Waals surface area contributed by atoms with Gasteiger partial charge in [-0.25, -0.2) is 8.42 Å². The Balaban J connectivity index is 2.06. The molecule has 0 spiro atoms. The van der Waals surface area contributed by atoms with E-state index in [4.69, 9.17) is 0 Å². The zero-order valence-corrected chi connectivity index (χ0v) is 26.1. The molecule has 7 nitrogen and oxygen atoms in total. The molecule has 0 bridgehead atoms. The van der Waals surface area contributed by atoms with Crippen LogP contribution in [-0.4, -0.2) is 50.0 Å². The van der Waals surface area contributed by atoms with Crippen LogP contribution in [0.2, 0.25) is 0 Å². The molecule has 9 heteroatoms. The van der Waals surface area contributed by atoms with Crippen molar-refractivity contribution in [2.45, 2.75) is 59.2 Å². The lowest BCUT2D eigenvalue weighted by Crippen LogP contribution is -2.54. The summed E-state index contributed by atoms with van der Waals surface area (Å²) in [5.74, 6) is -0.740. The second-order valence-corrected chi connectivity index (χ2v) is 13.0. The molecule has 1 N–H and O–H groups in total. The summed E-state index contributed by atoms with van der Waals surface area (Å²) in [5.41, 5.74) is 4.04. The Kier molecular flexibility index (Phi) is 10.9. The highest BCUT2D eigenvalue weighted by Gasteiger charge is 2.33. The van der Waals surface area contributed by atoms with Crippen molar-refractivity contribution in [3.63, 3.8) is 0 Å². The standard InChI is InChI=1S/C31H38BrN3O4S/c1-6-24(4)33-31(37)29(19-25-10-8-7-9-11-25)34(20-26-14-12-22(2)13-15-26)30(36)21-35(40(5,38)39)27-16-17-28(32)23(3)18-27/h7-18,24,29H,6,19-21H2,1-5H3,(H,33,37)/t24-,29-/m0/s1. The van der Waals surface area contributed by atoms with E-state index in [1.165, 1.54) is 4.90 Å². The minimum absolute atomic E-state index is 0.0830. The normalized spacial score (nSPS) is 12.8. The third-order valence-corrected chi connectivity index (χ3v) is 8.88. The molecule has 3 rings (SSSR count). The van der Waals surface area contributed by atoms with Crippen LogP contribution >= 0.6 is 15.9 Å². The van der Waals surface area contributed by atoms with Gasteiger partial charge in [0.05, 0.1) is 11.9 Å². The maximum Gasteiger partial charge on any atom is 0.244 e. The third-order valence-electron chi connectivity index (χ3n) is 6.85. The number of nitrogens with zero attached hydrogens (tertiary/aromatic N) is 2. The topological polar surface area (TPSA) is 86.8 Å². The van der Waals surface area contributed by atoms with Gasteiger partial charge in [-0.2, -0.15) is 0 Å². The number of halogens is 1. The summed E-state index contributed by atoms with van der Waals surface area (Å²) in [7, 11) is -3.81. The van der Waals surface area contributed by atoms with E-state index in [2.05, 4.69) is 21.2 Å². The Hall–Kier alpha value is -3.17. The summed E-state index contributed by atoms with van der Waals surface area (Å²) >= 11 is 3.45. The second-order valence-electron chi connectivity index (χ2n) is 10.2. The van der Waals surface area contributed by atoms with Crippen molar-refractivity contribution in [2.75, 3.05) is 17.1 Å². The van der Waals surface area contributed by atoms with Crippen LogP contribution in [0, 0.1) is 13.8 Å². The van der Waals surface area contributed by atoms with Gasteiger partial charge in [0.25, 0.3) is 0 Å². The summed E-state index contributed by atoms with van der Waals surface area (Å²) in [4.78, 5) is 29.3. The Labute approximate surface area is 246 Å². The number of hydrogen-bond donors (Lipinski definition) is 1. The number of benzene rings is 3. The van der Waals surface area contributed by atoms with Crippen LogP contribution in [0.3, 0.4) is 0 Å². The van der Waals surface area contributed by atoms with Crippen LogP contribution in [0.15, 0.2) is 77.3 Å². The van der Waals surface area contributed by atoms with Gasteiger partial charge in [0, 0.05) is 23.5 Å². The maximum absolute atomic E-state index is 14.1. The molecular weight excluding hydrogens is 590 g/mol. The van der Waals surface area contributed by atoms with E-state index in [1.807, 2.05) is 82.3 Å². The number of sulfonamides is 1. The molecule has 214 valence electrons. The van der Waals surface area contributed by atoms with E-state index in [-0.39, 0.29) is 24.9 Å². The summed E-state index contributed by atoms with van der Waals surface area (Å²) in [5, 5.41) is 3.04. The largest absolute Gasteiger partial charge is 0.352 e. The first-order chi connectivity index (χ1) is 18.9. The zero-order chi connectivity index (χ0) is 29.4. The number of carbonyl (C=O) groups excluding carboxylic acids is 2. The summed E-state index contributed by atoms with van der Waals surface area (Å²) in [6.45, 7) is 7.46. The molecule has 0 aromatic heterocycles.